The van der Waals surface area contributed by atoms with E-state index in [-0.39, 0.29) is 0 Å². The van der Waals surface area contributed by atoms with Crippen molar-refractivity contribution in [3.63, 3.8) is 0 Å². The molecule has 2 rings (SSSR count). The summed E-state index contributed by atoms with van der Waals surface area (Å²) in [5, 5.41) is 8.72. The third-order valence-electron chi connectivity index (χ3n) is 3.84. The summed E-state index contributed by atoms with van der Waals surface area (Å²) in [7, 11) is 1.55. The first kappa shape index (κ1) is 14.5. The van der Waals surface area contributed by atoms with Gasteiger partial charge in [-0.15, -0.1) is 5.10 Å². The van der Waals surface area contributed by atoms with Gasteiger partial charge in [-0.3, -0.25) is 0 Å². The number of piperidine rings is 1. The molecular formula is C14H22ClN3O. The SMILES string of the molecule is COc1nnc(CC2CCN(C(C)C)CC2)cc1Cl. The Labute approximate surface area is 120 Å². The van der Waals surface area contributed by atoms with Crippen LogP contribution < -0.4 is 4.74 Å². The second kappa shape index (κ2) is 6.53. The van der Waals surface area contributed by atoms with Gasteiger partial charge in [-0.25, -0.2) is 0 Å². The lowest BCUT2D eigenvalue weighted by atomic mass is 9.91. The number of hydrogen-bond acceptors (Lipinski definition) is 4. The molecule has 1 aromatic rings. The number of likely N-dealkylation sites (tertiary alicyclic amines) is 1. The Bertz CT molecular complexity index is 417. The lowest BCUT2D eigenvalue weighted by Crippen LogP contribution is -2.38. The van der Waals surface area contributed by atoms with E-state index >= 15 is 0 Å². The first-order valence-corrected chi connectivity index (χ1v) is 7.28. The van der Waals surface area contributed by atoms with Crippen molar-refractivity contribution in [2.45, 2.75) is 39.2 Å². The van der Waals surface area contributed by atoms with Crippen LogP contribution in [0.25, 0.3) is 0 Å². The van der Waals surface area contributed by atoms with Gasteiger partial charge in [0, 0.05) is 6.04 Å². The van der Waals surface area contributed by atoms with Crippen LogP contribution in [0.15, 0.2) is 6.07 Å². The first-order chi connectivity index (χ1) is 9.10. The van der Waals surface area contributed by atoms with Crippen molar-refractivity contribution in [2.75, 3.05) is 20.2 Å². The van der Waals surface area contributed by atoms with Gasteiger partial charge in [0.2, 0.25) is 0 Å². The molecule has 1 aromatic heterocycles. The topological polar surface area (TPSA) is 38.3 Å². The molecule has 0 bridgehead atoms. The highest BCUT2D eigenvalue weighted by Gasteiger charge is 2.21. The van der Waals surface area contributed by atoms with Crippen LogP contribution in [-0.2, 0) is 6.42 Å². The van der Waals surface area contributed by atoms with Crippen LogP contribution in [0, 0.1) is 5.92 Å². The second-order valence-corrected chi connectivity index (χ2v) is 5.88. The summed E-state index contributed by atoms with van der Waals surface area (Å²) in [6.45, 7) is 6.88. The molecule has 19 heavy (non-hydrogen) atoms. The van der Waals surface area contributed by atoms with Gasteiger partial charge in [-0.1, -0.05) is 11.6 Å². The number of methoxy groups -OCH3 is 1. The highest BCUT2D eigenvalue weighted by Crippen LogP contribution is 2.25. The molecule has 0 saturated carbocycles. The lowest BCUT2D eigenvalue weighted by Gasteiger charge is -2.34. The summed E-state index contributed by atoms with van der Waals surface area (Å²) in [5.74, 6) is 1.09. The highest BCUT2D eigenvalue weighted by atomic mass is 35.5. The Morgan fingerprint density at radius 3 is 2.58 bits per heavy atom. The minimum atomic E-state index is 0.403. The number of hydrogen-bond donors (Lipinski definition) is 0. The van der Waals surface area contributed by atoms with E-state index in [2.05, 4.69) is 28.9 Å². The van der Waals surface area contributed by atoms with E-state index in [0.29, 0.717) is 22.9 Å². The molecule has 1 aliphatic heterocycles. The van der Waals surface area contributed by atoms with Gasteiger partial charge in [-0.2, -0.15) is 5.10 Å². The zero-order valence-corrected chi connectivity index (χ0v) is 12.7. The minimum absolute atomic E-state index is 0.403. The van der Waals surface area contributed by atoms with Gasteiger partial charge in [0.25, 0.3) is 5.88 Å². The van der Waals surface area contributed by atoms with E-state index in [1.54, 1.807) is 7.11 Å². The van der Waals surface area contributed by atoms with Crippen LogP contribution in [0.4, 0.5) is 0 Å². The van der Waals surface area contributed by atoms with E-state index in [0.717, 1.165) is 12.1 Å². The molecule has 4 nitrogen and oxygen atoms in total. The monoisotopic (exact) mass is 283 g/mol. The molecule has 0 N–H and O–H groups in total. The second-order valence-electron chi connectivity index (χ2n) is 5.47. The smallest absolute Gasteiger partial charge is 0.252 e. The van der Waals surface area contributed by atoms with E-state index in [4.69, 9.17) is 16.3 Å². The van der Waals surface area contributed by atoms with Crippen LogP contribution in [0.5, 0.6) is 5.88 Å². The molecule has 106 valence electrons. The quantitative estimate of drug-likeness (QED) is 0.852. The fraction of sp³-hybridized carbons (Fsp3) is 0.714. The zero-order valence-electron chi connectivity index (χ0n) is 11.9. The Morgan fingerprint density at radius 2 is 2.05 bits per heavy atom. The average Bonchev–Trinajstić information content (AvgIpc) is 2.39. The van der Waals surface area contributed by atoms with Crippen LogP contribution in [-0.4, -0.2) is 41.3 Å². The Balaban J connectivity index is 1.90. The van der Waals surface area contributed by atoms with Gasteiger partial charge in [0.15, 0.2) is 0 Å². The van der Waals surface area contributed by atoms with Crippen molar-refractivity contribution in [3.8, 4) is 5.88 Å². The lowest BCUT2D eigenvalue weighted by molar-refractivity contribution is 0.149. The molecule has 0 amide bonds. The molecule has 1 fully saturated rings. The highest BCUT2D eigenvalue weighted by molar-refractivity contribution is 6.31. The summed E-state index contributed by atoms with van der Waals surface area (Å²) < 4.78 is 5.02. The van der Waals surface area contributed by atoms with Crippen LogP contribution in [0.2, 0.25) is 5.02 Å². The summed E-state index contributed by atoms with van der Waals surface area (Å²) in [6.07, 6.45) is 3.41. The fourth-order valence-electron chi connectivity index (χ4n) is 2.60. The Hall–Kier alpha value is -0.870. The molecule has 5 heteroatoms. The summed E-state index contributed by atoms with van der Waals surface area (Å²) in [6, 6.07) is 2.53. The van der Waals surface area contributed by atoms with E-state index < -0.39 is 0 Å². The van der Waals surface area contributed by atoms with Gasteiger partial charge in [-0.05, 0) is 58.2 Å². The van der Waals surface area contributed by atoms with Crippen molar-refractivity contribution in [1.29, 1.82) is 0 Å². The molecule has 0 unspecified atom stereocenters. The molecule has 0 aliphatic carbocycles. The largest absolute Gasteiger partial charge is 0.479 e. The summed E-state index contributed by atoms with van der Waals surface area (Å²) in [5.41, 5.74) is 0.966. The van der Waals surface area contributed by atoms with Crippen molar-refractivity contribution in [1.82, 2.24) is 15.1 Å². The molecule has 2 heterocycles. The number of halogens is 1. The number of rotatable bonds is 4. The third-order valence-corrected chi connectivity index (χ3v) is 4.11. The molecule has 0 aromatic carbocycles. The van der Waals surface area contributed by atoms with E-state index in [1.165, 1.54) is 25.9 Å². The predicted molar refractivity (Wildman–Crippen MR) is 76.7 cm³/mol. The number of nitrogens with zero attached hydrogens (tertiary/aromatic N) is 3. The van der Waals surface area contributed by atoms with Gasteiger partial charge >= 0.3 is 0 Å². The maximum Gasteiger partial charge on any atom is 0.252 e. The molecule has 1 saturated heterocycles. The zero-order chi connectivity index (χ0) is 13.8. The van der Waals surface area contributed by atoms with Gasteiger partial charge in [0.1, 0.15) is 5.02 Å². The fourth-order valence-corrected chi connectivity index (χ4v) is 2.84. The third kappa shape index (κ3) is 3.80. The molecule has 0 spiro atoms. The van der Waals surface area contributed by atoms with Crippen molar-refractivity contribution >= 4 is 11.6 Å². The number of aromatic nitrogens is 2. The molecular weight excluding hydrogens is 262 g/mol. The maximum atomic E-state index is 6.08. The summed E-state index contributed by atoms with van der Waals surface area (Å²) in [4.78, 5) is 2.53. The van der Waals surface area contributed by atoms with Crippen molar-refractivity contribution in [2.24, 2.45) is 5.92 Å². The van der Waals surface area contributed by atoms with E-state index in [9.17, 15) is 0 Å². The molecule has 0 radical (unpaired) electrons. The van der Waals surface area contributed by atoms with Crippen molar-refractivity contribution < 1.29 is 4.74 Å². The standard InChI is InChI=1S/C14H22ClN3O/c1-10(2)18-6-4-11(5-7-18)8-12-9-13(15)14(19-3)17-16-12/h9-11H,4-8H2,1-3H3. The van der Waals surface area contributed by atoms with Gasteiger partial charge < -0.3 is 9.64 Å². The number of ether oxygens (including phenoxy) is 1. The Morgan fingerprint density at radius 1 is 1.37 bits per heavy atom. The predicted octanol–water partition coefficient (Wildman–Crippen LogP) is 2.80. The Kier molecular flexibility index (Phi) is 4.99. The maximum absolute atomic E-state index is 6.08. The van der Waals surface area contributed by atoms with Crippen LogP contribution in [0.1, 0.15) is 32.4 Å². The van der Waals surface area contributed by atoms with Crippen LogP contribution in [0.3, 0.4) is 0 Å². The molecule has 0 atom stereocenters. The van der Waals surface area contributed by atoms with E-state index in [1.807, 2.05) is 6.07 Å². The van der Waals surface area contributed by atoms with Crippen LogP contribution >= 0.6 is 11.6 Å². The first-order valence-electron chi connectivity index (χ1n) is 6.90. The average molecular weight is 284 g/mol. The normalized spacial score (nSPS) is 17.9. The minimum Gasteiger partial charge on any atom is -0.479 e. The van der Waals surface area contributed by atoms with Gasteiger partial charge in [0.05, 0.1) is 12.8 Å². The summed E-state index contributed by atoms with van der Waals surface area (Å²) >= 11 is 6.08. The van der Waals surface area contributed by atoms with Crippen molar-refractivity contribution in [3.05, 3.63) is 16.8 Å². The molecule has 1 aliphatic rings.